The molecule has 0 aromatic heterocycles. The molecule has 0 aliphatic rings. The van der Waals surface area contributed by atoms with Gasteiger partial charge in [0.25, 0.3) is 0 Å². The summed E-state index contributed by atoms with van der Waals surface area (Å²) in [5.41, 5.74) is 2.88. The summed E-state index contributed by atoms with van der Waals surface area (Å²) in [5.74, 6) is 0.570. The number of carboxylic acids is 1. The second-order valence-electron chi connectivity index (χ2n) is 8.47. The Morgan fingerprint density at radius 3 is 2.49 bits per heavy atom. The fourth-order valence-electron chi connectivity index (χ4n) is 3.75. The monoisotopic (exact) mass is 480 g/mol. The zero-order valence-corrected chi connectivity index (χ0v) is 20.6. The van der Waals surface area contributed by atoms with E-state index in [0.717, 1.165) is 24.0 Å². The molecule has 0 spiro atoms. The van der Waals surface area contributed by atoms with Gasteiger partial charge in [-0.3, -0.25) is 4.79 Å². The summed E-state index contributed by atoms with van der Waals surface area (Å²) in [4.78, 5) is 11.0. The van der Waals surface area contributed by atoms with Crippen molar-refractivity contribution < 1.29 is 28.5 Å². The molecule has 0 heterocycles. The zero-order valence-electron chi connectivity index (χ0n) is 20.6. The number of rotatable bonds is 13. The van der Waals surface area contributed by atoms with Crippen molar-refractivity contribution in [2.75, 3.05) is 13.2 Å². The number of benzene rings is 3. The Morgan fingerprint density at radius 1 is 0.943 bits per heavy atom. The first kappa shape index (κ1) is 26.1. The van der Waals surface area contributed by atoms with E-state index in [1.807, 2.05) is 56.3 Å². The lowest BCUT2D eigenvalue weighted by molar-refractivity contribution is -0.137. The minimum absolute atomic E-state index is 0.0600. The molecule has 35 heavy (non-hydrogen) atoms. The first-order valence-corrected chi connectivity index (χ1v) is 12.0. The van der Waals surface area contributed by atoms with Gasteiger partial charge in [-0.15, -0.1) is 0 Å². The van der Waals surface area contributed by atoms with E-state index >= 15 is 0 Å². The normalized spacial score (nSPS) is 11.7. The van der Waals surface area contributed by atoms with E-state index in [2.05, 4.69) is 6.92 Å². The SMILES string of the molecule is CCCCOc1cc(COc2cccc([C@H](C)CC(=O)O)c2)ccc1-c1cc(OCC)ccc1F. The molecule has 0 unspecified atom stereocenters. The number of hydrogen-bond donors (Lipinski definition) is 1. The Morgan fingerprint density at radius 2 is 1.74 bits per heavy atom. The number of ether oxygens (including phenoxy) is 3. The number of carboxylic acid groups (broad SMARTS) is 1. The molecular weight excluding hydrogens is 447 g/mol. The van der Waals surface area contributed by atoms with Crippen LogP contribution in [0.5, 0.6) is 17.2 Å². The lowest BCUT2D eigenvalue weighted by Crippen LogP contribution is -2.04. The summed E-state index contributed by atoms with van der Waals surface area (Å²) in [5, 5.41) is 9.06. The van der Waals surface area contributed by atoms with Gasteiger partial charge in [0, 0.05) is 11.1 Å². The molecule has 5 nitrogen and oxygen atoms in total. The van der Waals surface area contributed by atoms with Gasteiger partial charge in [-0.2, -0.15) is 0 Å². The maximum absolute atomic E-state index is 14.7. The first-order valence-electron chi connectivity index (χ1n) is 12.0. The van der Waals surface area contributed by atoms with Crippen LogP contribution in [0.1, 0.15) is 57.1 Å². The quantitative estimate of drug-likeness (QED) is 0.262. The van der Waals surface area contributed by atoms with Gasteiger partial charge in [-0.25, -0.2) is 4.39 Å². The van der Waals surface area contributed by atoms with Gasteiger partial charge in [-0.1, -0.05) is 44.5 Å². The second-order valence-corrected chi connectivity index (χ2v) is 8.47. The van der Waals surface area contributed by atoms with Gasteiger partial charge >= 0.3 is 5.97 Å². The molecule has 3 aromatic carbocycles. The molecule has 1 atom stereocenters. The highest BCUT2D eigenvalue weighted by atomic mass is 19.1. The average Bonchev–Trinajstić information content (AvgIpc) is 2.84. The van der Waals surface area contributed by atoms with Crippen LogP contribution in [0.15, 0.2) is 60.7 Å². The van der Waals surface area contributed by atoms with Crippen LogP contribution in [0.4, 0.5) is 4.39 Å². The lowest BCUT2D eigenvalue weighted by atomic mass is 9.98. The number of unbranched alkanes of at least 4 members (excludes halogenated alkanes) is 1. The summed E-state index contributed by atoms with van der Waals surface area (Å²) in [6, 6.07) is 17.8. The Hall–Kier alpha value is -3.54. The molecule has 3 aromatic rings. The van der Waals surface area contributed by atoms with Crippen LogP contribution >= 0.6 is 0 Å². The molecule has 186 valence electrons. The Balaban J connectivity index is 1.82. The molecule has 0 radical (unpaired) electrons. The maximum atomic E-state index is 14.7. The summed E-state index contributed by atoms with van der Waals surface area (Å²) < 4.78 is 32.3. The lowest BCUT2D eigenvalue weighted by Gasteiger charge is -2.16. The van der Waals surface area contributed by atoms with Crippen molar-refractivity contribution in [2.24, 2.45) is 0 Å². The fraction of sp³-hybridized carbons (Fsp3) is 0.345. The average molecular weight is 481 g/mol. The van der Waals surface area contributed by atoms with Crippen molar-refractivity contribution in [3.05, 3.63) is 77.6 Å². The number of halogens is 1. The van der Waals surface area contributed by atoms with Crippen LogP contribution in [0, 0.1) is 5.82 Å². The predicted molar refractivity (Wildman–Crippen MR) is 135 cm³/mol. The summed E-state index contributed by atoms with van der Waals surface area (Å²) >= 11 is 0. The third kappa shape index (κ3) is 7.47. The maximum Gasteiger partial charge on any atom is 0.303 e. The highest BCUT2D eigenvalue weighted by Gasteiger charge is 2.15. The molecule has 6 heteroatoms. The fourth-order valence-corrected chi connectivity index (χ4v) is 3.75. The third-order valence-corrected chi connectivity index (χ3v) is 5.65. The van der Waals surface area contributed by atoms with Crippen LogP contribution in [0.3, 0.4) is 0 Å². The van der Waals surface area contributed by atoms with Crippen LogP contribution in [-0.2, 0) is 11.4 Å². The van der Waals surface area contributed by atoms with E-state index in [9.17, 15) is 9.18 Å². The standard InChI is InChI=1S/C29H33FO5/c1-4-6-14-34-28-16-21(10-12-25(28)26-18-24(33-5-2)11-13-27(26)30)19-35-23-9-7-8-22(17-23)20(3)15-29(31)32/h7-13,16-18,20H,4-6,14-15,19H2,1-3H3,(H,31,32)/t20-/m1/s1. The van der Waals surface area contributed by atoms with Crippen molar-refractivity contribution in [3.63, 3.8) is 0 Å². The largest absolute Gasteiger partial charge is 0.494 e. The molecule has 0 aliphatic carbocycles. The van der Waals surface area contributed by atoms with Crippen molar-refractivity contribution in [1.82, 2.24) is 0 Å². The smallest absolute Gasteiger partial charge is 0.303 e. The topological polar surface area (TPSA) is 65.0 Å². The molecule has 0 amide bonds. The van der Waals surface area contributed by atoms with Gasteiger partial charge < -0.3 is 19.3 Å². The molecule has 0 aliphatic heterocycles. The first-order chi connectivity index (χ1) is 16.9. The Bertz CT molecular complexity index is 1130. The highest BCUT2D eigenvalue weighted by molar-refractivity contribution is 5.72. The van der Waals surface area contributed by atoms with Crippen molar-refractivity contribution in [1.29, 1.82) is 0 Å². The summed E-state index contributed by atoms with van der Waals surface area (Å²) in [6.45, 7) is 7.18. The van der Waals surface area contributed by atoms with Crippen molar-refractivity contribution in [3.8, 4) is 28.4 Å². The van der Waals surface area contributed by atoms with Crippen molar-refractivity contribution >= 4 is 5.97 Å². The number of carbonyl (C=O) groups is 1. The Labute approximate surface area is 206 Å². The van der Waals surface area contributed by atoms with E-state index in [1.165, 1.54) is 6.07 Å². The second kappa shape index (κ2) is 12.8. The summed E-state index contributed by atoms with van der Waals surface area (Å²) in [6.07, 6.45) is 1.94. The minimum atomic E-state index is -0.831. The zero-order chi connectivity index (χ0) is 25.2. The van der Waals surface area contributed by atoms with Gasteiger partial charge in [0.1, 0.15) is 29.7 Å². The van der Waals surface area contributed by atoms with E-state index < -0.39 is 5.97 Å². The van der Waals surface area contributed by atoms with E-state index in [4.69, 9.17) is 19.3 Å². The van der Waals surface area contributed by atoms with Crippen LogP contribution in [0.2, 0.25) is 0 Å². The molecule has 1 N–H and O–H groups in total. The third-order valence-electron chi connectivity index (χ3n) is 5.65. The van der Waals surface area contributed by atoms with E-state index in [1.54, 1.807) is 12.1 Å². The van der Waals surface area contributed by atoms with Crippen LogP contribution in [0.25, 0.3) is 11.1 Å². The van der Waals surface area contributed by atoms with Gasteiger partial charge in [0.15, 0.2) is 0 Å². The van der Waals surface area contributed by atoms with Crippen molar-refractivity contribution in [2.45, 2.75) is 52.6 Å². The molecule has 0 fully saturated rings. The van der Waals surface area contributed by atoms with Crippen LogP contribution < -0.4 is 14.2 Å². The van der Waals surface area contributed by atoms with Gasteiger partial charge in [0.2, 0.25) is 0 Å². The molecular formula is C29H33FO5. The van der Waals surface area contributed by atoms with Crippen LogP contribution in [-0.4, -0.2) is 24.3 Å². The summed E-state index contributed by atoms with van der Waals surface area (Å²) in [7, 11) is 0. The van der Waals surface area contributed by atoms with E-state index in [-0.39, 0.29) is 18.2 Å². The Kier molecular flexibility index (Phi) is 9.53. The van der Waals surface area contributed by atoms with Gasteiger partial charge in [-0.05, 0) is 66.8 Å². The highest BCUT2D eigenvalue weighted by Crippen LogP contribution is 2.35. The number of aliphatic carboxylic acids is 1. The predicted octanol–water partition coefficient (Wildman–Crippen LogP) is 7.23. The number of hydrogen-bond acceptors (Lipinski definition) is 4. The molecule has 0 bridgehead atoms. The molecule has 3 rings (SSSR count). The molecule has 0 saturated heterocycles. The van der Waals surface area contributed by atoms with E-state index in [0.29, 0.717) is 48.2 Å². The molecule has 0 saturated carbocycles. The minimum Gasteiger partial charge on any atom is -0.494 e. The van der Waals surface area contributed by atoms with Gasteiger partial charge in [0.05, 0.1) is 19.6 Å².